The number of nitro benzene ring substituents is 1. The second-order valence-electron chi connectivity index (χ2n) is 4.94. The van der Waals surface area contributed by atoms with Crippen molar-refractivity contribution in [2.75, 3.05) is 18.9 Å². The minimum Gasteiger partial charge on any atom is -0.393 e. The number of urea groups is 1. The number of carbonyl (C=O) groups excluding carboxylic acids is 1. The molecule has 1 atom stereocenters. The van der Waals surface area contributed by atoms with E-state index in [-0.39, 0.29) is 11.7 Å². The number of benzene rings is 1. The molecule has 0 saturated heterocycles. The Morgan fingerprint density at radius 2 is 2.19 bits per heavy atom. The van der Waals surface area contributed by atoms with Gasteiger partial charge in [0.15, 0.2) is 0 Å². The fraction of sp³-hybridized carbons (Fsp3) is 0.500. The molecule has 0 aliphatic heterocycles. The summed E-state index contributed by atoms with van der Waals surface area (Å²) in [5.41, 5.74) is 1.01. The van der Waals surface area contributed by atoms with E-state index in [1.165, 1.54) is 11.0 Å². The monoisotopic (exact) mass is 295 g/mol. The van der Waals surface area contributed by atoms with Crippen LogP contribution < -0.4 is 5.32 Å². The summed E-state index contributed by atoms with van der Waals surface area (Å²) in [6, 6.07) is 4.28. The van der Waals surface area contributed by atoms with Crippen LogP contribution in [0.3, 0.4) is 0 Å². The lowest BCUT2D eigenvalue weighted by Gasteiger charge is -2.18. The van der Waals surface area contributed by atoms with Crippen molar-refractivity contribution in [3.8, 4) is 0 Å². The normalized spacial score (nSPS) is 11.8. The van der Waals surface area contributed by atoms with Gasteiger partial charge in [0.2, 0.25) is 0 Å². The third-order valence-corrected chi connectivity index (χ3v) is 3.14. The summed E-state index contributed by atoms with van der Waals surface area (Å²) in [6.07, 6.45) is 0.544. The van der Waals surface area contributed by atoms with Crippen molar-refractivity contribution in [2.24, 2.45) is 0 Å². The summed E-state index contributed by atoms with van der Waals surface area (Å²) < 4.78 is 0. The molecule has 7 heteroatoms. The van der Waals surface area contributed by atoms with Crippen LogP contribution in [0.25, 0.3) is 0 Å². The van der Waals surface area contributed by atoms with Crippen molar-refractivity contribution in [1.82, 2.24) is 4.90 Å². The molecule has 1 aromatic rings. The molecule has 1 unspecified atom stereocenters. The zero-order valence-electron chi connectivity index (χ0n) is 12.5. The lowest BCUT2D eigenvalue weighted by molar-refractivity contribution is -0.385. The molecule has 1 aromatic carbocycles. The second kappa shape index (κ2) is 7.58. The lowest BCUT2D eigenvalue weighted by Crippen LogP contribution is -2.33. The van der Waals surface area contributed by atoms with Gasteiger partial charge in [-0.2, -0.15) is 0 Å². The van der Waals surface area contributed by atoms with Gasteiger partial charge in [-0.3, -0.25) is 10.1 Å². The lowest BCUT2D eigenvalue weighted by atomic mass is 10.1. The molecule has 7 nitrogen and oxygen atoms in total. The Labute approximate surface area is 123 Å². The molecule has 0 aromatic heterocycles. The molecule has 0 spiro atoms. The largest absolute Gasteiger partial charge is 0.393 e. The summed E-state index contributed by atoms with van der Waals surface area (Å²) in [4.78, 5) is 23.9. The number of nitrogens with zero attached hydrogens (tertiary/aromatic N) is 2. The van der Waals surface area contributed by atoms with Crippen molar-refractivity contribution in [2.45, 2.75) is 32.8 Å². The van der Waals surface area contributed by atoms with Crippen LogP contribution in [0.4, 0.5) is 16.2 Å². The molecule has 0 saturated carbocycles. The number of carbonyl (C=O) groups is 1. The predicted molar refractivity (Wildman–Crippen MR) is 80.4 cm³/mol. The number of amides is 2. The average Bonchev–Trinajstić information content (AvgIpc) is 2.44. The minimum absolute atomic E-state index is 0.00179. The second-order valence-corrected chi connectivity index (χ2v) is 4.94. The van der Waals surface area contributed by atoms with E-state index in [0.717, 1.165) is 0 Å². The van der Waals surface area contributed by atoms with Crippen LogP contribution in [0, 0.1) is 10.1 Å². The first-order valence-electron chi connectivity index (χ1n) is 6.82. The first kappa shape index (κ1) is 16.9. The molecule has 2 N–H and O–H groups in total. The molecule has 0 heterocycles. The van der Waals surface area contributed by atoms with Gasteiger partial charge in [-0.15, -0.1) is 0 Å². The number of hydrogen-bond acceptors (Lipinski definition) is 4. The maximum Gasteiger partial charge on any atom is 0.321 e. The Balaban J connectivity index is 2.76. The number of rotatable bonds is 6. The average molecular weight is 295 g/mol. The molecule has 21 heavy (non-hydrogen) atoms. The van der Waals surface area contributed by atoms with E-state index in [1.807, 2.05) is 6.92 Å². The number of aryl methyl sites for hydroxylation is 1. The highest BCUT2D eigenvalue weighted by Gasteiger charge is 2.15. The molecular weight excluding hydrogens is 274 g/mol. The zero-order valence-corrected chi connectivity index (χ0v) is 12.5. The molecule has 0 aliphatic rings. The van der Waals surface area contributed by atoms with Gasteiger partial charge in [0.1, 0.15) is 0 Å². The smallest absolute Gasteiger partial charge is 0.321 e. The maximum atomic E-state index is 11.9. The van der Waals surface area contributed by atoms with Crippen molar-refractivity contribution in [3.05, 3.63) is 33.9 Å². The molecule has 116 valence electrons. The first-order chi connectivity index (χ1) is 9.85. The van der Waals surface area contributed by atoms with Crippen molar-refractivity contribution < 1.29 is 14.8 Å². The van der Waals surface area contributed by atoms with Crippen LogP contribution in [0.5, 0.6) is 0 Å². The van der Waals surface area contributed by atoms with Gasteiger partial charge in [0, 0.05) is 30.9 Å². The fourth-order valence-electron chi connectivity index (χ4n) is 1.81. The van der Waals surface area contributed by atoms with Gasteiger partial charge in [0.25, 0.3) is 5.69 Å². The predicted octanol–water partition coefficient (Wildman–Crippen LogP) is 2.39. The number of nitrogens with one attached hydrogen (secondary N) is 1. The van der Waals surface area contributed by atoms with Crippen LogP contribution in [0.2, 0.25) is 0 Å². The molecule has 0 fully saturated rings. The van der Waals surface area contributed by atoms with Crippen LogP contribution in [0.15, 0.2) is 18.2 Å². The summed E-state index contributed by atoms with van der Waals surface area (Å²) in [6.45, 7) is 3.89. The topological polar surface area (TPSA) is 95.7 Å². The Hall–Kier alpha value is -2.15. The third kappa shape index (κ3) is 5.03. The minimum atomic E-state index is -0.481. The van der Waals surface area contributed by atoms with Crippen LogP contribution in [0.1, 0.15) is 25.8 Å². The Kier molecular flexibility index (Phi) is 6.10. The third-order valence-electron chi connectivity index (χ3n) is 3.14. The van der Waals surface area contributed by atoms with Crippen molar-refractivity contribution >= 4 is 17.4 Å². The number of aliphatic hydroxyl groups excluding tert-OH is 1. The highest BCUT2D eigenvalue weighted by atomic mass is 16.6. The van der Waals surface area contributed by atoms with Gasteiger partial charge >= 0.3 is 6.03 Å². The Bertz CT molecular complexity index is 517. The molecule has 0 radical (unpaired) electrons. The zero-order chi connectivity index (χ0) is 16.0. The maximum absolute atomic E-state index is 11.9. The molecule has 0 bridgehead atoms. The number of nitro groups is 1. The molecule has 1 rings (SSSR count). The summed E-state index contributed by atoms with van der Waals surface area (Å²) in [7, 11) is 1.60. The van der Waals surface area contributed by atoms with Gasteiger partial charge < -0.3 is 15.3 Å². The standard InChI is InChI=1S/C14H21N3O4/c1-4-11-5-6-12(9-13(11)17(20)21)15-14(19)16(3)8-7-10(2)18/h5-6,9-10,18H,4,7-8H2,1-3H3,(H,15,19). The Morgan fingerprint density at radius 3 is 2.71 bits per heavy atom. The van der Waals surface area contributed by atoms with Crippen LogP contribution >= 0.6 is 0 Å². The van der Waals surface area contributed by atoms with E-state index >= 15 is 0 Å². The van der Waals surface area contributed by atoms with E-state index in [0.29, 0.717) is 30.6 Å². The van der Waals surface area contributed by atoms with E-state index in [2.05, 4.69) is 5.32 Å². The summed E-state index contributed by atoms with van der Waals surface area (Å²) in [5.74, 6) is 0. The number of anilines is 1. The van der Waals surface area contributed by atoms with Crippen molar-refractivity contribution in [1.29, 1.82) is 0 Å². The van der Waals surface area contributed by atoms with Gasteiger partial charge in [-0.1, -0.05) is 13.0 Å². The number of hydrogen-bond donors (Lipinski definition) is 2. The highest BCUT2D eigenvalue weighted by molar-refractivity contribution is 5.89. The van der Waals surface area contributed by atoms with Crippen LogP contribution in [-0.4, -0.2) is 40.7 Å². The molecule has 2 amide bonds. The van der Waals surface area contributed by atoms with E-state index < -0.39 is 11.0 Å². The van der Waals surface area contributed by atoms with Crippen LogP contribution in [-0.2, 0) is 6.42 Å². The number of aliphatic hydroxyl groups is 1. The Morgan fingerprint density at radius 1 is 1.52 bits per heavy atom. The van der Waals surface area contributed by atoms with Crippen molar-refractivity contribution in [3.63, 3.8) is 0 Å². The molecule has 0 aliphatic carbocycles. The molecular formula is C14H21N3O4. The van der Waals surface area contributed by atoms with Gasteiger partial charge in [-0.05, 0) is 25.8 Å². The quantitative estimate of drug-likeness (QED) is 0.622. The van der Waals surface area contributed by atoms with Gasteiger partial charge in [-0.25, -0.2) is 4.79 Å². The van der Waals surface area contributed by atoms with Gasteiger partial charge in [0.05, 0.1) is 11.0 Å². The summed E-state index contributed by atoms with van der Waals surface area (Å²) in [5, 5.41) is 22.8. The SMILES string of the molecule is CCc1ccc(NC(=O)N(C)CCC(C)O)cc1[N+](=O)[O-]. The van der Waals surface area contributed by atoms with E-state index in [9.17, 15) is 20.0 Å². The van der Waals surface area contributed by atoms with E-state index in [1.54, 1.807) is 26.1 Å². The highest BCUT2D eigenvalue weighted by Crippen LogP contribution is 2.23. The first-order valence-corrected chi connectivity index (χ1v) is 6.82. The van der Waals surface area contributed by atoms with E-state index in [4.69, 9.17) is 0 Å². The fourth-order valence-corrected chi connectivity index (χ4v) is 1.81. The summed E-state index contributed by atoms with van der Waals surface area (Å²) >= 11 is 0.